The molecule has 1 amide bonds. The number of hydrogen-bond acceptors (Lipinski definition) is 5. The molecular formula is C24H30N2O4. The molecule has 2 rings (SSSR count). The average Bonchev–Trinajstić information content (AvgIpc) is 2.67. The standard InChI is InChI=1S/C24H30N2O4/c1-6-30-23(28)12-9-19-7-10-21(11-8-19)25-22(27)16-26(4)15-20-13-17(2)24(29-5)18(3)14-20/h7-14H,6,15-16H2,1-5H3,(H,25,27)/b12-9+. The fraction of sp³-hybridized carbons (Fsp3) is 0.333. The van der Waals surface area contributed by atoms with Crippen molar-refractivity contribution in [3.8, 4) is 5.75 Å². The lowest BCUT2D eigenvalue weighted by molar-refractivity contribution is -0.137. The van der Waals surface area contributed by atoms with Gasteiger partial charge >= 0.3 is 5.97 Å². The second kappa shape index (κ2) is 11.2. The Morgan fingerprint density at radius 2 is 1.73 bits per heavy atom. The Morgan fingerprint density at radius 1 is 1.10 bits per heavy atom. The minimum atomic E-state index is -0.375. The number of ether oxygens (including phenoxy) is 2. The molecule has 0 saturated heterocycles. The van der Waals surface area contributed by atoms with E-state index >= 15 is 0 Å². The number of nitrogens with one attached hydrogen (secondary N) is 1. The summed E-state index contributed by atoms with van der Waals surface area (Å²) in [5.74, 6) is 0.439. The van der Waals surface area contributed by atoms with Crippen molar-refractivity contribution in [2.24, 2.45) is 0 Å². The fourth-order valence-corrected chi connectivity index (χ4v) is 3.30. The Balaban J connectivity index is 1.88. The van der Waals surface area contributed by atoms with Gasteiger partial charge in [-0.05, 0) is 68.3 Å². The SMILES string of the molecule is CCOC(=O)/C=C/c1ccc(NC(=O)CN(C)Cc2cc(C)c(OC)c(C)c2)cc1. The van der Waals surface area contributed by atoms with Crippen LogP contribution >= 0.6 is 0 Å². The van der Waals surface area contributed by atoms with Crippen molar-refractivity contribution < 1.29 is 19.1 Å². The van der Waals surface area contributed by atoms with E-state index in [-0.39, 0.29) is 18.4 Å². The molecule has 0 aliphatic heterocycles. The molecule has 0 unspecified atom stereocenters. The first kappa shape index (κ1) is 23.2. The summed E-state index contributed by atoms with van der Waals surface area (Å²) < 4.78 is 10.3. The molecule has 0 fully saturated rings. The topological polar surface area (TPSA) is 67.9 Å². The van der Waals surface area contributed by atoms with Crippen LogP contribution in [-0.4, -0.2) is 44.1 Å². The zero-order valence-corrected chi connectivity index (χ0v) is 18.3. The van der Waals surface area contributed by atoms with Crippen molar-refractivity contribution in [3.05, 3.63) is 64.7 Å². The molecule has 0 heterocycles. The first-order valence-electron chi connectivity index (χ1n) is 9.89. The van der Waals surface area contributed by atoms with Crippen LogP contribution in [0.1, 0.15) is 29.2 Å². The van der Waals surface area contributed by atoms with E-state index in [1.54, 1.807) is 32.2 Å². The Morgan fingerprint density at radius 3 is 2.30 bits per heavy atom. The van der Waals surface area contributed by atoms with Crippen molar-refractivity contribution in [1.29, 1.82) is 0 Å². The monoisotopic (exact) mass is 410 g/mol. The van der Waals surface area contributed by atoms with Gasteiger partial charge in [-0.2, -0.15) is 0 Å². The third-order valence-electron chi connectivity index (χ3n) is 4.48. The van der Waals surface area contributed by atoms with Crippen LogP contribution in [0.15, 0.2) is 42.5 Å². The summed E-state index contributed by atoms with van der Waals surface area (Å²) in [4.78, 5) is 25.7. The molecule has 0 aliphatic rings. The molecule has 2 aromatic rings. The van der Waals surface area contributed by atoms with E-state index in [0.717, 1.165) is 28.0 Å². The van der Waals surface area contributed by atoms with Gasteiger partial charge in [0.2, 0.25) is 5.91 Å². The van der Waals surface area contributed by atoms with Crippen LogP contribution in [0.4, 0.5) is 5.69 Å². The number of carbonyl (C=O) groups excluding carboxylic acids is 2. The first-order valence-corrected chi connectivity index (χ1v) is 9.89. The zero-order valence-electron chi connectivity index (χ0n) is 18.3. The Labute approximate surface area is 178 Å². The summed E-state index contributed by atoms with van der Waals surface area (Å²) in [6.45, 7) is 7.09. The lowest BCUT2D eigenvalue weighted by Gasteiger charge is -2.18. The minimum Gasteiger partial charge on any atom is -0.496 e. The number of benzene rings is 2. The molecule has 1 N–H and O–H groups in total. The number of rotatable bonds is 9. The summed E-state index contributed by atoms with van der Waals surface area (Å²) in [7, 11) is 3.59. The summed E-state index contributed by atoms with van der Waals surface area (Å²) in [5, 5.41) is 2.90. The van der Waals surface area contributed by atoms with Crippen LogP contribution in [0, 0.1) is 13.8 Å². The summed E-state index contributed by atoms with van der Waals surface area (Å²) in [6, 6.07) is 11.4. The molecule has 0 bridgehead atoms. The molecule has 160 valence electrons. The maximum Gasteiger partial charge on any atom is 0.330 e. The normalized spacial score (nSPS) is 11.0. The summed E-state index contributed by atoms with van der Waals surface area (Å²) >= 11 is 0. The predicted octanol–water partition coefficient (Wildman–Crippen LogP) is 3.96. The molecule has 6 nitrogen and oxygen atoms in total. The Bertz CT molecular complexity index is 881. The van der Waals surface area contributed by atoms with Gasteiger partial charge in [0.1, 0.15) is 5.75 Å². The lowest BCUT2D eigenvalue weighted by Crippen LogP contribution is -2.29. The van der Waals surface area contributed by atoms with Crippen molar-refractivity contribution in [2.75, 3.05) is 32.6 Å². The van der Waals surface area contributed by atoms with Crippen molar-refractivity contribution in [3.63, 3.8) is 0 Å². The fourth-order valence-electron chi connectivity index (χ4n) is 3.30. The van der Waals surface area contributed by atoms with E-state index in [2.05, 4.69) is 17.4 Å². The predicted molar refractivity (Wildman–Crippen MR) is 120 cm³/mol. The highest BCUT2D eigenvalue weighted by Crippen LogP contribution is 2.24. The number of nitrogens with zero attached hydrogens (tertiary/aromatic N) is 1. The number of methoxy groups -OCH3 is 1. The molecule has 6 heteroatoms. The maximum atomic E-state index is 12.4. The van der Waals surface area contributed by atoms with Gasteiger partial charge in [-0.1, -0.05) is 24.3 Å². The molecule has 30 heavy (non-hydrogen) atoms. The highest BCUT2D eigenvalue weighted by Gasteiger charge is 2.10. The van der Waals surface area contributed by atoms with Crippen LogP contribution in [-0.2, 0) is 20.9 Å². The molecular weight excluding hydrogens is 380 g/mol. The van der Waals surface area contributed by atoms with E-state index in [1.165, 1.54) is 6.08 Å². The molecule has 0 saturated carbocycles. The summed E-state index contributed by atoms with van der Waals surface area (Å²) in [6.07, 6.45) is 3.06. The number of esters is 1. The molecule has 0 spiro atoms. The van der Waals surface area contributed by atoms with Crippen LogP contribution in [0.3, 0.4) is 0 Å². The van der Waals surface area contributed by atoms with Gasteiger partial charge in [0.05, 0.1) is 20.3 Å². The van der Waals surface area contributed by atoms with Gasteiger partial charge in [-0.3, -0.25) is 9.69 Å². The molecule has 2 aromatic carbocycles. The molecule has 0 atom stereocenters. The van der Waals surface area contributed by atoms with Gasteiger partial charge < -0.3 is 14.8 Å². The van der Waals surface area contributed by atoms with Gasteiger partial charge in [0, 0.05) is 18.3 Å². The number of likely N-dealkylation sites (N-methyl/N-ethyl adjacent to an activating group) is 1. The number of amides is 1. The number of anilines is 1. The molecule has 0 aliphatic carbocycles. The maximum absolute atomic E-state index is 12.4. The van der Waals surface area contributed by atoms with E-state index < -0.39 is 0 Å². The highest BCUT2D eigenvalue weighted by molar-refractivity contribution is 5.92. The third kappa shape index (κ3) is 7.04. The van der Waals surface area contributed by atoms with Crippen molar-refractivity contribution in [1.82, 2.24) is 4.90 Å². The zero-order chi connectivity index (χ0) is 22.1. The average molecular weight is 411 g/mol. The second-order valence-corrected chi connectivity index (χ2v) is 7.19. The second-order valence-electron chi connectivity index (χ2n) is 7.19. The number of carbonyl (C=O) groups is 2. The van der Waals surface area contributed by atoms with Crippen LogP contribution in [0.25, 0.3) is 6.08 Å². The van der Waals surface area contributed by atoms with Gasteiger partial charge in [0.25, 0.3) is 0 Å². The van der Waals surface area contributed by atoms with Gasteiger partial charge in [-0.15, -0.1) is 0 Å². The Hall–Kier alpha value is -3.12. The number of aryl methyl sites for hydroxylation is 2. The number of hydrogen-bond donors (Lipinski definition) is 1. The van der Waals surface area contributed by atoms with Crippen LogP contribution in [0.2, 0.25) is 0 Å². The quantitative estimate of drug-likeness (QED) is 0.501. The van der Waals surface area contributed by atoms with E-state index in [1.807, 2.05) is 37.9 Å². The largest absolute Gasteiger partial charge is 0.496 e. The summed E-state index contributed by atoms with van der Waals surface area (Å²) in [5.41, 5.74) is 4.87. The minimum absolute atomic E-state index is 0.0886. The van der Waals surface area contributed by atoms with Crippen molar-refractivity contribution >= 4 is 23.6 Å². The van der Waals surface area contributed by atoms with Gasteiger partial charge in [0.15, 0.2) is 0 Å². The van der Waals surface area contributed by atoms with Crippen LogP contribution in [0.5, 0.6) is 5.75 Å². The van der Waals surface area contributed by atoms with Gasteiger partial charge in [-0.25, -0.2) is 4.79 Å². The van der Waals surface area contributed by atoms with E-state index in [0.29, 0.717) is 18.8 Å². The third-order valence-corrected chi connectivity index (χ3v) is 4.48. The van der Waals surface area contributed by atoms with E-state index in [9.17, 15) is 9.59 Å². The molecule has 0 aromatic heterocycles. The van der Waals surface area contributed by atoms with Crippen molar-refractivity contribution in [2.45, 2.75) is 27.3 Å². The van der Waals surface area contributed by atoms with Crippen LogP contribution < -0.4 is 10.1 Å². The Kier molecular flexibility index (Phi) is 8.62. The van der Waals surface area contributed by atoms with E-state index in [4.69, 9.17) is 9.47 Å². The lowest BCUT2D eigenvalue weighted by atomic mass is 10.1. The first-order chi connectivity index (χ1) is 14.3. The highest BCUT2D eigenvalue weighted by atomic mass is 16.5. The smallest absolute Gasteiger partial charge is 0.330 e. The molecule has 0 radical (unpaired) electrons.